The van der Waals surface area contributed by atoms with E-state index >= 15 is 0 Å². The fraction of sp³-hybridized carbons (Fsp3) is 0.576. The Hall–Kier alpha value is -2.22. The van der Waals surface area contributed by atoms with Crippen LogP contribution < -0.4 is 0 Å². The number of rotatable bonds is 14. The molecule has 1 aliphatic carbocycles. The van der Waals surface area contributed by atoms with E-state index < -0.39 is 0 Å². The molecule has 2 nitrogen and oxygen atoms in total. The van der Waals surface area contributed by atoms with Gasteiger partial charge in [-0.1, -0.05) is 122 Å². The van der Waals surface area contributed by atoms with E-state index in [2.05, 4.69) is 50.2 Å². The van der Waals surface area contributed by atoms with Crippen molar-refractivity contribution in [3.8, 4) is 11.1 Å². The zero-order valence-electron chi connectivity index (χ0n) is 22.8. The van der Waals surface area contributed by atoms with Gasteiger partial charge >= 0.3 is 0 Å². The SMILES string of the molecule is CCCCCCC1(CCCCCC)c2ccccc2-c2ccc(C(=O)CC(=O)CC(C)(C)C)cc21. The van der Waals surface area contributed by atoms with Crippen LogP contribution in [0.1, 0.15) is 133 Å². The van der Waals surface area contributed by atoms with Crippen LogP contribution in [0.5, 0.6) is 0 Å². The minimum Gasteiger partial charge on any atom is -0.299 e. The highest BCUT2D eigenvalue weighted by Gasteiger charge is 2.42. The lowest BCUT2D eigenvalue weighted by atomic mass is 9.70. The summed E-state index contributed by atoms with van der Waals surface area (Å²) in [5.41, 5.74) is 5.95. The van der Waals surface area contributed by atoms with Crippen molar-refractivity contribution < 1.29 is 9.59 Å². The van der Waals surface area contributed by atoms with E-state index in [0.29, 0.717) is 12.0 Å². The van der Waals surface area contributed by atoms with Crippen LogP contribution in [-0.2, 0) is 10.2 Å². The number of unbranched alkanes of at least 4 members (excludes halogenated alkanes) is 6. The predicted octanol–water partition coefficient (Wildman–Crippen LogP) is 9.47. The first kappa shape index (κ1) is 27.4. The molecule has 2 aromatic rings. The van der Waals surface area contributed by atoms with Crippen LogP contribution in [0.15, 0.2) is 42.5 Å². The van der Waals surface area contributed by atoms with Gasteiger partial charge in [0.05, 0.1) is 6.42 Å². The summed E-state index contributed by atoms with van der Waals surface area (Å²) in [5.74, 6) is 0.000510. The molecule has 2 heteroatoms. The van der Waals surface area contributed by atoms with E-state index in [4.69, 9.17) is 0 Å². The van der Waals surface area contributed by atoms with E-state index in [1.165, 1.54) is 73.6 Å². The number of benzene rings is 2. The molecular formula is C33H46O2. The molecule has 2 aromatic carbocycles. The molecule has 3 rings (SSSR count). The molecule has 0 aliphatic heterocycles. The number of Topliss-reactive ketones (excluding diaryl/α,β-unsaturated/α-hetero) is 2. The Balaban J connectivity index is 1.97. The molecule has 0 spiro atoms. The summed E-state index contributed by atoms with van der Waals surface area (Å²) in [6, 6.07) is 15.1. The quantitative estimate of drug-likeness (QED) is 0.155. The molecule has 0 saturated carbocycles. The summed E-state index contributed by atoms with van der Waals surface area (Å²) in [5, 5.41) is 0. The number of fused-ring (bicyclic) bond motifs is 3. The molecule has 0 atom stereocenters. The summed E-state index contributed by atoms with van der Waals surface area (Å²) in [4.78, 5) is 25.8. The fourth-order valence-electron chi connectivity index (χ4n) is 5.93. The maximum atomic E-state index is 13.2. The summed E-state index contributed by atoms with van der Waals surface area (Å²) in [7, 11) is 0. The standard InChI is InChI=1S/C33H46O2/c1-6-8-10-14-20-33(21-15-11-9-7-2)29-17-13-12-16-27(29)28-19-18-25(22-30(28)33)31(35)23-26(34)24-32(3,4)5/h12-13,16-19,22H,6-11,14-15,20-21,23-24H2,1-5H3. The highest BCUT2D eigenvalue weighted by atomic mass is 16.1. The van der Waals surface area contributed by atoms with E-state index in [-0.39, 0.29) is 28.8 Å². The van der Waals surface area contributed by atoms with Crippen LogP contribution in [-0.4, -0.2) is 11.6 Å². The van der Waals surface area contributed by atoms with Gasteiger partial charge in [-0.25, -0.2) is 0 Å². The normalized spacial score (nSPS) is 14.0. The Morgan fingerprint density at radius 2 is 1.34 bits per heavy atom. The summed E-state index contributed by atoms with van der Waals surface area (Å²) >= 11 is 0. The Labute approximate surface area is 213 Å². The molecule has 0 heterocycles. The monoisotopic (exact) mass is 474 g/mol. The van der Waals surface area contributed by atoms with Crippen molar-refractivity contribution >= 4 is 11.6 Å². The zero-order chi connectivity index (χ0) is 25.5. The van der Waals surface area contributed by atoms with Gasteiger partial charge in [-0.15, -0.1) is 0 Å². The van der Waals surface area contributed by atoms with Crippen molar-refractivity contribution in [2.45, 2.75) is 117 Å². The van der Waals surface area contributed by atoms with Gasteiger partial charge in [0, 0.05) is 17.4 Å². The van der Waals surface area contributed by atoms with Crippen LogP contribution >= 0.6 is 0 Å². The molecule has 0 unspecified atom stereocenters. The Morgan fingerprint density at radius 3 is 1.94 bits per heavy atom. The molecule has 0 bridgehead atoms. The highest BCUT2D eigenvalue weighted by molar-refractivity contribution is 6.08. The van der Waals surface area contributed by atoms with Crippen molar-refractivity contribution in [1.82, 2.24) is 0 Å². The molecule has 0 radical (unpaired) electrons. The molecule has 0 fully saturated rings. The lowest BCUT2D eigenvalue weighted by molar-refractivity contribution is -0.119. The second-order valence-corrected chi connectivity index (χ2v) is 11.9. The molecule has 35 heavy (non-hydrogen) atoms. The first-order chi connectivity index (χ1) is 16.7. The highest BCUT2D eigenvalue weighted by Crippen LogP contribution is 2.54. The van der Waals surface area contributed by atoms with Gasteiger partial charge in [-0.05, 0) is 46.6 Å². The number of hydrogen-bond donors (Lipinski definition) is 0. The molecule has 0 aromatic heterocycles. The maximum absolute atomic E-state index is 13.2. The van der Waals surface area contributed by atoms with Crippen LogP contribution in [0.25, 0.3) is 11.1 Å². The smallest absolute Gasteiger partial charge is 0.170 e. The lowest BCUT2D eigenvalue weighted by Crippen LogP contribution is -2.26. The third-order valence-corrected chi connectivity index (χ3v) is 7.59. The maximum Gasteiger partial charge on any atom is 0.170 e. The molecule has 190 valence electrons. The topological polar surface area (TPSA) is 34.1 Å². The third-order valence-electron chi connectivity index (χ3n) is 7.59. The Bertz CT molecular complexity index is 996. The first-order valence-corrected chi connectivity index (χ1v) is 14.0. The lowest BCUT2D eigenvalue weighted by Gasteiger charge is -2.33. The van der Waals surface area contributed by atoms with Gasteiger partial charge in [-0.2, -0.15) is 0 Å². The van der Waals surface area contributed by atoms with E-state index in [1.807, 2.05) is 26.8 Å². The van der Waals surface area contributed by atoms with E-state index in [9.17, 15) is 9.59 Å². The van der Waals surface area contributed by atoms with Crippen LogP contribution in [0.3, 0.4) is 0 Å². The number of hydrogen-bond acceptors (Lipinski definition) is 2. The second kappa shape index (κ2) is 12.2. The average molecular weight is 475 g/mol. The van der Waals surface area contributed by atoms with Gasteiger partial charge < -0.3 is 0 Å². The predicted molar refractivity (Wildman–Crippen MR) is 148 cm³/mol. The van der Waals surface area contributed by atoms with Gasteiger partial charge in [0.15, 0.2) is 5.78 Å². The number of ketones is 2. The third kappa shape index (κ3) is 6.72. The second-order valence-electron chi connectivity index (χ2n) is 11.9. The summed E-state index contributed by atoms with van der Waals surface area (Å²) in [6.45, 7) is 10.7. The van der Waals surface area contributed by atoms with Gasteiger partial charge in [0.1, 0.15) is 5.78 Å². The minimum absolute atomic E-state index is 0.00298. The van der Waals surface area contributed by atoms with Crippen LogP contribution in [0, 0.1) is 5.41 Å². The van der Waals surface area contributed by atoms with Crippen LogP contribution in [0.4, 0.5) is 0 Å². The Morgan fingerprint density at radius 1 is 0.743 bits per heavy atom. The first-order valence-electron chi connectivity index (χ1n) is 14.0. The number of carbonyl (C=O) groups excluding carboxylic acids is 2. The summed E-state index contributed by atoms with van der Waals surface area (Å²) in [6.07, 6.45) is 12.6. The van der Waals surface area contributed by atoms with Crippen molar-refractivity contribution in [2.75, 3.05) is 0 Å². The number of carbonyl (C=O) groups is 2. The fourth-order valence-corrected chi connectivity index (χ4v) is 5.93. The van der Waals surface area contributed by atoms with Crippen molar-refractivity contribution in [1.29, 1.82) is 0 Å². The van der Waals surface area contributed by atoms with Gasteiger partial charge in [0.2, 0.25) is 0 Å². The molecule has 0 amide bonds. The van der Waals surface area contributed by atoms with Crippen LogP contribution in [0.2, 0.25) is 0 Å². The molecule has 0 N–H and O–H groups in total. The van der Waals surface area contributed by atoms with Crippen molar-refractivity contribution in [3.63, 3.8) is 0 Å². The zero-order valence-corrected chi connectivity index (χ0v) is 22.8. The van der Waals surface area contributed by atoms with Crippen molar-refractivity contribution in [3.05, 3.63) is 59.2 Å². The summed E-state index contributed by atoms with van der Waals surface area (Å²) < 4.78 is 0. The minimum atomic E-state index is -0.0942. The van der Waals surface area contributed by atoms with Gasteiger partial charge in [0.25, 0.3) is 0 Å². The largest absolute Gasteiger partial charge is 0.299 e. The molecular weight excluding hydrogens is 428 g/mol. The van der Waals surface area contributed by atoms with Gasteiger partial charge in [-0.3, -0.25) is 9.59 Å². The Kier molecular flexibility index (Phi) is 9.50. The average Bonchev–Trinajstić information content (AvgIpc) is 3.08. The molecule has 0 saturated heterocycles. The van der Waals surface area contributed by atoms with Crippen molar-refractivity contribution in [2.24, 2.45) is 5.41 Å². The van der Waals surface area contributed by atoms with E-state index in [0.717, 1.165) is 12.8 Å². The molecule has 1 aliphatic rings. The van der Waals surface area contributed by atoms with E-state index in [1.54, 1.807) is 0 Å².